The molecule has 0 aromatic rings. The number of nitrogens with one attached hydrogen (secondary N) is 1. The number of halogens is 1. The fourth-order valence-electron chi connectivity index (χ4n) is 1.97. The zero-order valence-electron chi connectivity index (χ0n) is 9.76. The first kappa shape index (κ1) is 12.8. The quantitative estimate of drug-likeness (QED) is 0.741. The summed E-state index contributed by atoms with van der Waals surface area (Å²) < 4.78 is 0. The van der Waals surface area contributed by atoms with E-state index < -0.39 is 0 Å². The smallest absolute Gasteiger partial charge is 0.220 e. The van der Waals surface area contributed by atoms with Crippen molar-refractivity contribution in [3.05, 3.63) is 0 Å². The summed E-state index contributed by atoms with van der Waals surface area (Å²) in [6.45, 7) is 4.22. The number of hydrogen-bond donors (Lipinski definition) is 1. The third kappa shape index (κ3) is 4.42. The minimum absolute atomic E-state index is 0.139. The maximum Gasteiger partial charge on any atom is 0.220 e. The summed E-state index contributed by atoms with van der Waals surface area (Å²) in [4.78, 5) is 11.7. The molecule has 0 heterocycles. The normalized spacial score (nSPS) is 28.5. The lowest BCUT2D eigenvalue weighted by Gasteiger charge is -2.28. The standard InChI is InChI=1S/C12H22ClNO/c1-3-9(2)8-12(15)14-11-7-5-4-6-10(11)13/h9-11H,3-8H2,1-2H3,(H,14,15). The molecule has 1 aliphatic rings. The van der Waals surface area contributed by atoms with E-state index in [0.29, 0.717) is 12.3 Å². The Bertz CT molecular complexity index is 208. The minimum atomic E-state index is 0.139. The van der Waals surface area contributed by atoms with E-state index in [1.807, 2.05) is 0 Å². The molecule has 3 unspecified atom stereocenters. The predicted octanol–water partition coefficient (Wildman–Crippen LogP) is 3.09. The highest BCUT2D eigenvalue weighted by molar-refractivity contribution is 6.21. The molecule has 0 radical (unpaired) electrons. The lowest BCUT2D eigenvalue weighted by atomic mass is 9.94. The maximum atomic E-state index is 11.7. The molecule has 1 amide bonds. The van der Waals surface area contributed by atoms with Crippen molar-refractivity contribution < 1.29 is 4.79 Å². The Hall–Kier alpha value is -0.240. The summed E-state index contributed by atoms with van der Waals surface area (Å²) in [5, 5.41) is 3.20. The molecular formula is C12H22ClNO. The fraction of sp³-hybridized carbons (Fsp3) is 0.917. The van der Waals surface area contributed by atoms with Crippen LogP contribution in [0.4, 0.5) is 0 Å². The van der Waals surface area contributed by atoms with Crippen LogP contribution in [0, 0.1) is 5.92 Å². The van der Waals surface area contributed by atoms with Crippen molar-refractivity contribution in [3.63, 3.8) is 0 Å². The molecule has 1 saturated carbocycles. The molecule has 1 aliphatic carbocycles. The van der Waals surface area contributed by atoms with Crippen molar-refractivity contribution in [1.29, 1.82) is 0 Å². The highest BCUT2D eigenvalue weighted by Crippen LogP contribution is 2.23. The topological polar surface area (TPSA) is 29.1 Å². The van der Waals surface area contributed by atoms with Crippen molar-refractivity contribution in [2.75, 3.05) is 0 Å². The van der Waals surface area contributed by atoms with E-state index in [9.17, 15) is 4.79 Å². The number of carbonyl (C=O) groups is 1. The Labute approximate surface area is 97.8 Å². The van der Waals surface area contributed by atoms with Gasteiger partial charge in [0, 0.05) is 12.5 Å². The Kier molecular flexibility index (Phi) is 5.44. The van der Waals surface area contributed by atoms with Gasteiger partial charge in [-0.2, -0.15) is 0 Å². The van der Waals surface area contributed by atoms with Gasteiger partial charge in [0.25, 0.3) is 0 Å². The first-order valence-electron chi connectivity index (χ1n) is 6.07. The molecule has 1 N–H and O–H groups in total. The fourth-order valence-corrected chi connectivity index (χ4v) is 2.32. The minimum Gasteiger partial charge on any atom is -0.352 e. The van der Waals surface area contributed by atoms with Crippen LogP contribution >= 0.6 is 11.6 Å². The van der Waals surface area contributed by atoms with E-state index in [-0.39, 0.29) is 17.3 Å². The van der Waals surface area contributed by atoms with E-state index >= 15 is 0 Å². The molecule has 15 heavy (non-hydrogen) atoms. The van der Waals surface area contributed by atoms with Gasteiger partial charge in [0.05, 0.1) is 5.38 Å². The number of alkyl halides is 1. The molecule has 0 aromatic heterocycles. The Morgan fingerprint density at radius 1 is 1.47 bits per heavy atom. The van der Waals surface area contributed by atoms with Crippen LogP contribution < -0.4 is 5.32 Å². The molecule has 1 fully saturated rings. The van der Waals surface area contributed by atoms with E-state index in [1.165, 1.54) is 12.8 Å². The van der Waals surface area contributed by atoms with Crippen LogP contribution in [0.2, 0.25) is 0 Å². The highest BCUT2D eigenvalue weighted by Gasteiger charge is 2.24. The first-order valence-corrected chi connectivity index (χ1v) is 6.50. The molecule has 0 aliphatic heterocycles. The second-order valence-electron chi connectivity index (χ2n) is 4.69. The number of rotatable bonds is 4. The Morgan fingerprint density at radius 2 is 2.13 bits per heavy atom. The molecule has 0 spiro atoms. The van der Waals surface area contributed by atoms with Crippen LogP contribution in [-0.2, 0) is 4.79 Å². The lowest BCUT2D eigenvalue weighted by molar-refractivity contribution is -0.122. The van der Waals surface area contributed by atoms with Crippen molar-refractivity contribution in [1.82, 2.24) is 5.32 Å². The van der Waals surface area contributed by atoms with Gasteiger partial charge in [0.2, 0.25) is 5.91 Å². The van der Waals surface area contributed by atoms with Gasteiger partial charge in [-0.05, 0) is 18.8 Å². The van der Waals surface area contributed by atoms with Crippen molar-refractivity contribution >= 4 is 17.5 Å². The second kappa shape index (κ2) is 6.37. The molecule has 0 aromatic carbocycles. The SMILES string of the molecule is CCC(C)CC(=O)NC1CCCCC1Cl. The third-order valence-corrected chi connectivity index (χ3v) is 3.78. The van der Waals surface area contributed by atoms with Crippen LogP contribution in [0.25, 0.3) is 0 Å². The number of hydrogen-bond acceptors (Lipinski definition) is 1. The summed E-state index contributed by atoms with van der Waals surface area (Å²) in [7, 11) is 0. The van der Waals surface area contributed by atoms with Gasteiger partial charge in [-0.15, -0.1) is 11.6 Å². The average molecular weight is 232 g/mol. The van der Waals surface area contributed by atoms with E-state index in [2.05, 4.69) is 19.2 Å². The average Bonchev–Trinajstić information content (AvgIpc) is 2.21. The van der Waals surface area contributed by atoms with Gasteiger partial charge in [-0.3, -0.25) is 4.79 Å². The van der Waals surface area contributed by atoms with Crippen molar-refractivity contribution in [3.8, 4) is 0 Å². The maximum absolute atomic E-state index is 11.7. The zero-order chi connectivity index (χ0) is 11.3. The van der Waals surface area contributed by atoms with Gasteiger partial charge in [0.1, 0.15) is 0 Å². The summed E-state index contributed by atoms with van der Waals surface area (Å²) in [5.74, 6) is 0.643. The molecular weight excluding hydrogens is 210 g/mol. The van der Waals surface area contributed by atoms with Crippen LogP contribution in [0.3, 0.4) is 0 Å². The van der Waals surface area contributed by atoms with E-state index in [4.69, 9.17) is 11.6 Å². The molecule has 2 nitrogen and oxygen atoms in total. The van der Waals surface area contributed by atoms with Crippen LogP contribution in [0.15, 0.2) is 0 Å². The largest absolute Gasteiger partial charge is 0.352 e. The van der Waals surface area contributed by atoms with Gasteiger partial charge >= 0.3 is 0 Å². The molecule has 3 atom stereocenters. The van der Waals surface area contributed by atoms with E-state index in [1.54, 1.807) is 0 Å². The van der Waals surface area contributed by atoms with Crippen molar-refractivity contribution in [2.24, 2.45) is 5.92 Å². The zero-order valence-corrected chi connectivity index (χ0v) is 10.5. The first-order chi connectivity index (χ1) is 7.13. The van der Waals surface area contributed by atoms with E-state index in [0.717, 1.165) is 19.3 Å². The van der Waals surface area contributed by atoms with Gasteiger partial charge in [-0.25, -0.2) is 0 Å². The summed E-state index contributed by atoms with van der Waals surface area (Å²) in [5.41, 5.74) is 0. The predicted molar refractivity (Wildman–Crippen MR) is 64.1 cm³/mol. The number of amides is 1. The van der Waals surface area contributed by atoms with Gasteiger partial charge in [0.15, 0.2) is 0 Å². The molecule has 1 rings (SSSR count). The second-order valence-corrected chi connectivity index (χ2v) is 5.25. The summed E-state index contributed by atoms with van der Waals surface area (Å²) in [6.07, 6.45) is 6.17. The highest BCUT2D eigenvalue weighted by atomic mass is 35.5. The van der Waals surface area contributed by atoms with Gasteiger partial charge < -0.3 is 5.32 Å². The number of carbonyl (C=O) groups excluding carboxylic acids is 1. The third-order valence-electron chi connectivity index (χ3n) is 3.26. The lowest BCUT2D eigenvalue weighted by Crippen LogP contribution is -2.43. The molecule has 0 saturated heterocycles. The van der Waals surface area contributed by atoms with Crippen LogP contribution in [0.1, 0.15) is 52.4 Å². The van der Waals surface area contributed by atoms with Crippen molar-refractivity contribution in [2.45, 2.75) is 63.8 Å². The molecule has 88 valence electrons. The van der Waals surface area contributed by atoms with Gasteiger partial charge in [-0.1, -0.05) is 33.1 Å². The summed E-state index contributed by atoms with van der Waals surface area (Å²) >= 11 is 6.18. The molecule has 3 heteroatoms. The monoisotopic (exact) mass is 231 g/mol. The van der Waals surface area contributed by atoms with Crippen LogP contribution in [0.5, 0.6) is 0 Å². The van der Waals surface area contributed by atoms with Crippen LogP contribution in [-0.4, -0.2) is 17.3 Å². The Balaban J connectivity index is 2.29. The summed E-state index contributed by atoms with van der Waals surface area (Å²) in [6, 6.07) is 0.206. The Morgan fingerprint density at radius 3 is 2.73 bits per heavy atom. The molecule has 0 bridgehead atoms.